The van der Waals surface area contributed by atoms with Gasteiger partial charge < -0.3 is 19.0 Å². The number of unbranched alkanes of at least 4 members (excludes halogenated alkanes) is 2. The Balaban J connectivity index is 1.73. The van der Waals surface area contributed by atoms with Crippen LogP contribution in [-0.4, -0.2) is 33.1 Å². The van der Waals surface area contributed by atoms with Gasteiger partial charge in [-0.1, -0.05) is 17.3 Å². The Hall–Kier alpha value is -2.95. The van der Waals surface area contributed by atoms with Crippen molar-refractivity contribution in [3.05, 3.63) is 64.2 Å². The maximum Gasteiger partial charge on any atom is 0.125 e. The highest BCUT2D eigenvalue weighted by Gasteiger charge is 2.08. The summed E-state index contributed by atoms with van der Waals surface area (Å²) in [6, 6.07) is 8.19. The molecule has 174 valence electrons. The van der Waals surface area contributed by atoms with E-state index in [1.165, 1.54) is 0 Å². The van der Waals surface area contributed by atoms with E-state index in [-0.39, 0.29) is 0 Å². The zero-order valence-electron chi connectivity index (χ0n) is 20.4. The fraction of sp³-hybridized carbons (Fsp3) is 0.444. The van der Waals surface area contributed by atoms with Gasteiger partial charge in [-0.25, -0.2) is 0 Å². The molecule has 0 saturated carbocycles. The Morgan fingerprint density at radius 1 is 0.750 bits per heavy atom. The van der Waals surface area contributed by atoms with E-state index in [1.54, 1.807) is 13.3 Å². The summed E-state index contributed by atoms with van der Waals surface area (Å²) < 4.78 is 17.9. The Kier molecular flexibility index (Phi) is 10.6. The molecule has 0 unspecified atom stereocenters. The van der Waals surface area contributed by atoms with E-state index < -0.39 is 0 Å². The highest BCUT2D eigenvalue weighted by atomic mass is 16.6. The van der Waals surface area contributed by atoms with E-state index in [0.717, 1.165) is 64.3 Å². The van der Waals surface area contributed by atoms with Crippen LogP contribution in [0.1, 0.15) is 54.0 Å². The molecule has 0 aliphatic heterocycles. The second kappa shape index (κ2) is 13.5. The molecule has 5 heteroatoms. The van der Waals surface area contributed by atoms with Crippen molar-refractivity contribution in [2.24, 2.45) is 5.16 Å². The fourth-order valence-electron chi connectivity index (χ4n) is 3.59. The van der Waals surface area contributed by atoms with Crippen molar-refractivity contribution in [2.75, 3.05) is 26.9 Å². The summed E-state index contributed by atoms with van der Waals surface area (Å²) >= 11 is 0. The predicted octanol–water partition coefficient (Wildman–Crippen LogP) is 6.48. The predicted molar refractivity (Wildman–Crippen MR) is 132 cm³/mol. The summed E-state index contributed by atoms with van der Waals surface area (Å²) in [5, 5.41) is 3.82. The number of hydrogen-bond acceptors (Lipinski definition) is 5. The van der Waals surface area contributed by atoms with E-state index in [1.807, 2.05) is 31.2 Å². The first-order chi connectivity index (χ1) is 15.5. The first kappa shape index (κ1) is 25.3. The molecular weight excluding hydrogens is 402 g/mol. The van der Waals surface area contributed by atoms with E-state index >= 15 is 0 Å². The Morgan fingerprint density at radius 2 is 1.28 bits per heavy atom. The van der Waals surface area contributed by atoms with Gasteiger partial charge in [0.1, 0.15) is 31.0 Å². The van der Waals surface area contributed by atoms with Crippen LogP contribution >= 0.6 is 0 Å². The molecule has 0 amide bonds. The number of oxime groups is 1. The van der Waals surface area contributed by atoms with E-state index in [9.17, 15) is 0 Å². The maximum absolute atomic E-state index is 6.06. The number of allylic oxidation sites excluding steroid dienone is 1. The van der Waals surface area contributed by atoms with Crippen molar-refractivity contribution in [3.63, 3.8) is 0 Å². The van der Waals surface area contributed by atoms with Gasteiger partial charge in [0.05, 0.1) is 19.4 Å². The van der Waals surface area contributed by atoms with E-state index in [0.29, 0.717) is 19.8 Å². The molecule has 5 nitrogen and oxygen atoms in total. The monoisotopic (exact) mass is 439 g/mol. The molecule has 0 fully saturated rings. The third-order valence-corrected chi connectivity index (χ3v) is 5.09. The van der Waals surface area contributed by atoms with Gasteiger partial charge >= 0.3 is 0 Å². The van der Waals surface area contributed by atoms with Crippen LogP contribution in [0.25, 0.3) is 0 Å². The fourth-order valence-corrected chi connectivity index (χ4v) is 3.59. The van der Waals surface area contributed by atoms with Crippen molar-refractivity contribution < 1.29 is 19.0 Å². The number of benzene rings is 2. The lowest BCUT2D eigenvalue weighted by molar-refractivity contribution is 0.215. The third-order valence-electron chi connectivity index (χ3n) is 5.09. The minimum atomic E-state index is 0.586. The molecule has 0 saturated heterocycles. The molecular formula is C27H37NO4. The summed E-state index contributed by atoms with van der Waals surface area (Å²) in [7, 11) is 1.54. The number of aryl methyl sites for hydroxylation is 4. The molecule has 0 radical (unpaired) electrons. The summed E-state index contributed by atoms with van der Waals surface area (Å²) in [4.78, 5) is 4.75. The van der Waals surface area contributed by atoms with Crippen LogP contribution in [0.2, 0.25) is 0 Å². The highest BCUT2D eigenvalue weighted by molar-refractivity contribution is 5.80. The van der Waals surface area contributed by atoms with Gasteiger partial charge in [-0.2, -0.15) is 0 Å². The largest absolute Gasteiger partial charge is 0.493 e. The van der Waals surface area contributed by atoms with Crippen molar-refractivity contribution in [1.29, 1.82) is 0 Å². The smallest absolute Gasteiger partial charge is 0.125 e. The zero-order valence-corrected chi connectivity index (χ0v) is 20.4. The topological polar surface area (TPSA) is 49.3 Å². The van der Waals surface area contributed by atoms with E-state index in [2.05, 4.69) is 45.0 Å². The number of nitrogens with zero attached hydrogens (tertiary/aromatic N) is 1. The summed E-state index contributed by atoms with van der Waals surface area (Å²) in [6.07, 6.45) is 8.72. The SMILES string of the molecule is C/C=C/COc1cc(C)c(OCCCCCOc2c(C)cc(C=NOC)cc2C)c(C)c1. The van der Waals surface area contributed by atoms with Gasteiger partial charge in [0.2, 0.25) is 0 Å². The van der Waals surface area contributed by atoms with Crippen LogP contribution in [0.5, 0.6) is 17.2 Å². The number of rotatable bonds is 13. The Morgan fingerprint density at radius 3 is 1.78 bits per heavy atom. The Bertz CT molecular complexity index is 872. The molecule has 2 rings (SSSR count). The summed E-state index contributed by atoms with van der Waals surface area (Å²) in [5.74, 6) is 2.80. The quantitative estimate of drug-likeness (QED) is 0.155. The molecule has 2 aromatic rings. The summed E-state index contributed by atoms with van der Waals surface area (Å²) in [5.41, 5.74) is 5.43. The maximum atomic E-state index is 6.06. The van der Waals surface area contributed by atoms with Gasteiger partial charge in [-0.3, -0.25) is 0 Å². The van der Waals surface area contributed by atoms with Gasteiger partial charge in [0.25, 0.3) is 0 Å². The molecule has 0 bridgehead atoms. The average molecular weight is 440 g/mol. The zero-order chi connectivity index (χ0) is 23.3. The minimum absolute atomic E-state index is 0.586. The molecule has 32 heavy (non-hydrogen) atoms. The van der Waals surface area contributed by atoms with Gasteiger partial charge in [-0.15, -0.1) is 0 Å². The lowest BCUT2D eigenvalue weighted by Gasteiger charge is -2.15. The number of ether oxygens (including phenoxy) is 3. The second-order valence-electron chi connectivity index (χ2n) is 7.92. The van der Waals surface area contributed by atoms with Crippen molar-refractivity contribution in [1.82, 2.24) is 0 Å². The second-order valence-corrected chi connectivity index (χ2v) is 7.92. The lowest BCUT2D eigenvalue weighted by Crippen LogP contribution is -2.04. The highest BCUT2D eigenvalue weighted by Crippen LogP contribution is 2.29. The average Bonchev–Trinajstić information content (AvgIpc) is 2.74. The van der Waals surface area contributed by atoms with Crippen LogP contribution in [-0.2, 0) is 4.84 Å². The Labute approximate surface area is 193 Å². The molecule has 0 atom stereocenters. The summed E-state index contributed by atoms with van der Waals surface area (Å²) in [6.45, 7) is 12.2. The van der Waals surface area contributed by atoms with Crippen molar-refractivity contribution in [2.45, 2.75) is 53.9 Å². The molecule has 0 aliphatic carbocycles. The molecule has 0 heterocycles. The molecule has 2 aromatic carbocycles. The van der Waals surface area contributed by atoms with Crippen molar-refractivity contribution in [3.8, 4) is 17.2 Å². The third kappa shape index (κ3) is 7.95. The van der Waals surface area contributed by atoms with Gasteiger partial charge in [0, 0.05) is 0 Å². The van der Waals surface area contributed by atoms with E-state index in [4.69, 9.17) is 19.0 Å². The standard InChI is InChI=1S/C27H37NO4/c1-7-8-12-30-25-17-22(4)27(23(5)18-25)32-14-11-9-10-13-31-26-20(2)15-24(16-21(26)3)19-28-29-6/h7-8,15-19H,9-14H2,1-6H3/b8-7+,28-19?. The van der Waals surface area contributed by atoms with Crippen LogP contribution in [0.4, 0.5) is 0 Å². The van der Waals surface area contributed by atoms with Gasteiger partial charge in [0.15, 0.2) is 0 Å². The van der Waals surface area contributed by atoms with Crippen molar-refractivity contribution >= 4 is 6.21 Å². The van der Waals surface area contributed by atoms with Gasteiger partial charge in [-0.05, 0) is 106 Å². The van der Waals surface area contributed by atoms with Crippen LogP contribution in [0.3, 0.4) is 0 Å². The molecule has 0 aliphatic rings. The minimum Gasteiger partial charge on any atom is -0.493 e. The van der Waals surface area contributed by atoms with Crippen LogP contribution in [0, 0.1) is 27.7 Å². The van der Waals surface area contributed by atoms with Crippen LogP contribution in [0.15, 0.2) is 41.6 Å². The first-order valence-electron chi connectivity index (χ1n) is 11.2. The van der Waals surface area contributed by atoms with Crippen LogP contribution < -0.4 is 14.2 Å². The number of hydrogen-bond donors (Lipinski definition) is 0. The molecule has 0 N–H and O–H groups in total. The normalized spacial score (nSPS) is 11.3. The molecule has 0 aromatic heterocycles. The lowest BCUT2D eigenvalue weighted by atomic mass is 10.1. The first-order valence-corrected chi connectivity index (χ1v) is 11.2. The molecule has 0 spiro atoms.